The number of carbonyl (C=O) groups excluding carboxylic acids is 1. The number of para-hydroxylation sites is 1. The molecule has 0 bridgehead atoms. The van der Waals surface area contributed by atoms with Gasteiger partial charge in [-0.1, -0.05) is 6.07 Å². The van der Waals surface area contributed by atoms with Crippen molar-refractivity contribution in [3.05, 3.63) is 29.6 Å². The number of hydrogen-bond donors (Lipinski definition) is 3. The van der Waals surface area contributed by atoms with E-state index in [9.17, 15) is 13.4 Å². The summed E-state index contributed by atoms with van der Waals surface area (Å²) in [5.74, 6) is 4.46. The number of hydrazine groups is 1. The molecular formula is C11H16FN3O2S. The van der Waals surface area contributed by atoms with Crippen LogP contribution in [0.25, 0.3) is 0 Å². The molecule has 0 saturated carbocycles. The number of rotatable bonds is 5. The Morgan fingerprint density at radius 2 is 2.22 bits per heavy atom. The molecule has 0 aliphatic carbocycles. The number of nitrogen functional groups attached to an aromatic ring is 1. The highest BCUT2D eigenvalue weighted by atomic mass is 32.2. The smallest absolute Gasteiger partial charge is 0.253 e. The van der Waals surface area contributed by atoms with Gasteiger partial charge in [-0.05, 0) is 19.1 Å². The summed E-state index contributed by atoms with van der Waals surface area (Å²) < 4.78 is 24.4. The predicted molar refractivity (Wildman–Crippen MR) is 70.1 cm³/mol. The zero-order valence-corrected chi connectivity index (χ0v) is 11.0. The summed E-state index contributed by atoms with van der Waals surface area (Å²) in [6, 6.07) is 3.82. The largest absolute Gasteiger partial charge is 0.349 e. The third-order valence-corrected chi connectivity index (χ3v) is 3.23. The highest BCUT2D eigenvalue weighted by Crippen LogP contribution is 2.18. The third-order valence-electron chi connectivity index (χ3n) is 2.26. The molecule has 0 heterocycles. The summed E-state index contributed by atoms with van der Waals surface area (Å²) in [5, 5.41) is 2.64. The second kappa shape index (κ2) is 6.46. The van der Waals surface area contributed by atoms with Crippen LogP contribution >= 0.6 is 0 Å². The van der Waals surface area contributed by atoms with Crippen LogP contribution < -0.4 is 16.6 Å². The lowest BCUT2D eigenvalue weighted by Gasteiger charge is -2.14. The van der Waals surface area contributed by atoms with E-state index >= 15 is 0 Å². The van der Waals surface area contributed by atoms with Gasteiger partial charge in [-0.2, -0.15) is 0 Å². The normalized spacial score (nSPS) is 13.8. The zero-order chi connectivity index (χ0) is 13.7. The van der Waals surface area contributed by atoms with Crippen LogP contribution in [0.1, 0.15) is 17.3 Å². The lowest BCUT2D eigenvalue weighted by molar-refractivity contribution is 0.0944. The fourth-order valence-electron chi connectivity index (χ4n) is 1.56. The van der Waals surface area contributed by atoms with Crippen LogP contribution in [-0.2, 0) is 10.8 Å². The van der Waals surface area contributed by atoms with Crippen LogP contribution in [0.5, 0.6) is 0 Å². The summed E-state index contributed by atoms with van der Waals surface area (Å²) in [5.41, 5.74) is 2.22. The van der Waals surface area contributed by atoms with Gasteiger partial charge in [0.25, 0.3) is 5.91 Å². The molecule has 2 unspecified atom stereocenters. The second-order valence-electron chi connectivity index (χ2n) is 3.92. The molecule has 1 aromatic carbocycles. The standard InChI is InChI=1S/C11H16FN3O2S/c1-7(6-18(2)17)14-11(16)8-4-3-5-9(12)10(8)15-13/h3-5,7,15H,6,13H2,1-2H3,(H,14,16). The summed E-state index contributed by atoms with van der Waals surface area (Å²) in [6.45, 7) is 1.73. The average Bonchev–Trinajstić information content (AvgIpc) is 2.27. The molecule has 18 heavy (non-hydrogen) atoms. The Hall–Kier alpha value is -1.47. The fourth-order valence-corrected chi connectivity index (χ4v) is 2.34. The minimum Gasteiger partial charge on any atom is -0.349 e. The molecule has 7 heteroatoms. The molecule has 0 aromatic heterocycles. The van der Waals surface area contributed by atoms with Crippen LogP contribution in [0.15, 0.2) is 18.2 Å². The molecule has 1 rings (SSSR count). The van der Waals surface area contributed by atoms with Crippen molar-refractivity contribution < 1.29 is 13.4 Å². The van der Waals surface area contributed by atoms with Crippen LogP contribution in [0.3, 0.4) is 0 Å². The number of anilines is 1. The molecule has 0 saturated heterocycles. The molecular weight excluding hydrogens is 257 g/mol. The first-order valence-corrected chi connectivity index (χ1v) is 7.04. The van der Waals surface area contributed by atoms with Crippen LogP contribution in [0.4, 0.5) is 10.1 Å². The number of nitrogens with one attached hydrogen (secondary N) is 2. The topological polar surface area (TPSA) is 84.2 Å². The summed E-state index contributed by atoms with van der Waals surface area (Å²) in [4.78, 5) is 11.9. The van der Waals surface area contributed by atoms with Crippen molar-refractivity contribution in [1.82, 2.24) is 5.32 Å². The van der Waals surface area contributed by atoms with Gasteiger partial charge in [-0.25, -0.2) is 4.39 Å². The number of carbonyl (C=O) groups is 1. The third kappa shape index (κ3) is 3.78. The van der Waals surface area contributed by atoms with E-state index < -0.39 is 22.5 Å². The zero-order valence-electron chi connectivity index (χ0n) is 10.2. The number of halogens is 1. The van der Waals surface area contributed by atoms with E-state index in [-0.39, 0.29) is 17.3 Å². The maximum Gasteiger partial charge on any atom is 0.253 e. The first-order valence-electron chi connectivity index (χ1n) is 5.31. The summed E-state index contributed by atoms with van der Waals surface area (Å²) >= 11 is 0. The van der Waals surface area contributed by atoms with Gasteiger partial charge in [-0.15, -0.1) is 0 Å². The molecule has 100 valence electrons. The number of amides is 1. The van der Waals surface area contributed by atoms with Gasteiger partial charge < -0.3 is 10.7 Å². The van der Waals surface area contributed by atoms with Gasteiger partial charge in [0.15, 0.2) is 0 Å². The Balaban J connectivity index is 2.84. The first-order chi connectivity index (χ1) is 8.45. The Morgan fingerprint density at radius 1 is 1.56 bits per heavy atom. The molecule has 4 N–H and O–H groups in total. The molecule has 5 nitrogen and oxygen atoms in total. The predicted octanol–water partition coefficient (Wildman–Crippen LogP) is 0.608. The maximum absolute atomic E-state index is 13.4. The first kappa shape index (κ1) is 14.6. The fraction of sp³-hybridized carbons (Fsp3) is 0.364. The monoisotopic (exact) mass is 273 g/mol. The molecule has 0 fully saturated rings. The van der Waals surface area contributed by atoms with E-state index in [1.54, 1.807) is 13.2 Å². The number of hydrogen-bond acceptors (Lipinski definition) is 4. The van der Waals surface area contributed by atoms with Crippen molar-refractivity contribution in [2.45, 2.75) is 13.0 Å². The van der Waals surface area contributed by atoms with Crippen molar-refractivity contribution in [2.75, 3.05) is 17.4 Å². The minimum absolute atomic E-state index is 0.0557. The van der Waals surface area contributed by atoms with Crippen molar-refractivity contribution >= 4 is 22.4 Å². The second-order valence-corrected chi connectivity index (χ2v) is 5.40. The Kier molecular flexibility index (Phi) is 5.24. The Labute approximate surface area is 107 Å². The van der Waals surface area contributed by atoms with E-state index in [0.29, 0.717) is 5.75 Å². The van der Waals surface area contributed by atoms with Gasteiger partial charge in [0, 0.05) is 28.9 Å². The highest BCUT2D eigenvalue weighted by Gasteiger charge is 2.16. The van der Waals surface area contributed by atoms with Crippen LogP contribution in [0, 0.1) is 5.82 Å². The van der Waals surface area contributed by atoms with Crippen molar-refractivity contribution in [1.29, 1.82) is 0 Å². The van der Waals surface area contributed by atoms with E-state index in [1.165, 1.54) is 18.2 Å². The van der Waals surface area contributed by atoms with Crippen LogP contribution in [0.2, 0.25) is 0 Å². The van der Waals surface area contributed by atoms with E-state index in [0.717, 1.165) is 0 Å². The Bertz CT molecular complexity index is 468. The quantitative estimate of drug-likeness (QED) is 0.542. The lowest BCUT2D eigenvalue weighted by Crippen LogP contribution is -2.36. The van der Waals surface area contributed by atoms with E-state index in [2.05, 4.69) is 10.7 Å². The van der Waals surface area contributed by atoms with Gasteiger partial charge in [-0.3, -0.25) is 14.8 Å². The number of benzene rings is 1. The minimum atomic E-state index is -1.01. The number of nitrogens with two attached hydrogens (primary N) is 1. The molecule has 1 aromatic rings. The van der Waals surface area contributed by atoms with Gasteiger partial charge in [0.05, 0.1) is 11.3 Å². The molecule has 0 aliphatic rings. The highest BCUT2D eigenvalue weighted by molar-refractivity contribution is 7.84. The molecule has 1 amide bonds. The molecule has 0 radical (unpaired) electrons. The van der Waals surface area contributed by atoms with Crippen LogP contribution in [-0.4, -0.2) is 28.2 Å². The van der Waals surface area contributed by atoms with E-state index in [1.807, 2.05) is 0 Å². The van der Waals surface area contributed by atoms with Gasteiger partial charge in [0.1, 0.15) is 5.82 Å². The van der Waals surface area contributed by atoms with E-state index in [4.69, 9.17) is 5.84 Å². The SMILES string of the molecule is CC(CS(C)=O)NC(=O)c1cccc(F)c1NN. The molecule has 0 aliphatic heterocycles. The van der Waals surface area contributed by atoms with Crippen molar-refractivity contribution in [3.63, 3.8) is 0 Å². The van der Waals surface area contributed by atoms with Crippen molar-refractivity contribution in [2.24, 2.45) is 5.84 Å². The Morgan fingerprint density at radius 3 is 2.78 bits per heavy atom. The van der Waals surface area contributed by atoms with Gasteiger partial charge >= 0.3 is 0 Å². The summed E-state index contributed by atoms with van der Waals surface area (Å²) in [7, 11) is -1.01. The molecule has 0 spiro atoms. The van der Waals surface area contributed by atoms with Gasteiger partial charge in [0.2, 0.25) is 0 Å². The van der Waals surface area contributed by atoms with Crippen molar-refractivity contribution in [3.8, 4) is 0 Å². The average molecular weight is 273 g/mol. The molecule has 2 atom stereocenters. The lowest BCUT2D eigenvalue weighted by atomic mass is 10.1. The summed E-state index contributed by atoms with van der Waals surface area (Å²) in [6.07, 6.45) is 1.55. The maximum atomic E-state index is 13.4.